The number of nitrogens with zero attached hydrogens (tertiary/aromatic N) is 2. The van der Waals surface area contributed by atoms with Crippen LogP contribution < -0.4 is 9.13 Å². The van der Waals surface area contributed by atoms with Crippen molar-refractivity contribution < 1.29 is 9.13 Å². The summed E-state index contributed by atoms with van der Waals surface area (Å²) in [5, 5.41) is 0. The summed E-state index contributed by atoms with van der Waals surface area (Å²) in [5.74, 6) is 13.3. The number of aromatic nitrogens is 2. The van der Waals surface area contributed by atoms with Gasteiger partial charge in [0.1, 0.15) is 0 Å². The van der Waals surface area contributed by atoms with Gasteiger partial charge >= 0.3 is 0 Å². The summed E-state index contributed by atoms with van der Waals surface area (Å²) in [6, 6.07) is 12.9. The lowest BCUT2D eigenvalue weighted by Gasteiger charge is -2.13. The normalized spacial score (nSPS) is 14.1. The van der Waals surface area contributed by atoms with Crippen molar-refractivity contribution in [1.29, 1.82) is 0 Å². The van der Waals surface area contributed by atoms with E-state index in [-0.39, 0.29) is 0 Å². The molecule has 0 spiro atoms. The molecule has 2 heteroatoms. The Labute approximate surface area is 204 Å². The summed E-state index contributed by atoms with van der Waals surface area (Å²) < 4.78 is 4.58. The van der Waals surface area contributed by atoms with Crippen molar-refractivity contribution in [3.63, 3.8) is 0 Å². The molecule has 2 aliphatic carbocycles. The maximum Gasteiger partial charge on any atom is 0.172 e. The van der Waals surface area contributed by atoms with Crippen molar-refractivity contribution in [3.8, 4) is 23.7 Å². The summed E-state index contributed by atoms with van der Waals surface area (Å²) in [4.78, 5) is 0. The Kier molecular flexibility index (Phi) is 7.37. The molecule has 2 aromatic heterocycles. The number of hydrogen-bond acceptors (Lipinski definition) is 0. The summed E-state index contributed by atoms with van der Waals surface area (Å²) in [5.41, 5.74) is 8.25. The Morgan fingerprint density at radius 3 is 1.38 bits per heavy atom. The Morgan fingerprint density at radius 2 is 0.941 bits per heavy atom. The first-order valence-electron chi connectivity index (χ1n) is 12.9. The molecule has 3 aromatic rings. The number of hydrogen-bond donors (Lipinski definition) is 0. The standard InChI is InChI=1S/C32H34N2/c1-3-13-31-25-33(23-19-29(31)11-1)21-7-5-9-27-15-17-28(18-16-27)10-6-8-22-34-24-20-30-12-2-4-14-32(30)26-34/h15-20,23-26H,1-4,7-8,11-14,21-22H2/q+2. The highest BCUT2D eigenvalue weighted by Gasteiger charge is 2.14. The van der Waals surface area contributed by atoms with Gasteiger partial charge in [0.05, 0.1) is 12.8 Å². The third kappa shape index (κ3) is 5.95. The maximum absolute atomic E-state index is 3.33. The molecule has 34 heavy (non-hydrogen) atoms. The van der Waals surface area contributed by atoms with Gasteiger partial charge in [-0.25, -0.2) is 9.13 Å². The molecule has 0 atom stereocenters. The van der Waals surface area contributed by atoms with Crippen molar-refractivity contribution in [1.82, 2.24) is 0 Å². The maximum atomic E-state index is 3.33. The van der Waals surface area contributed by atoms with Crippen LogP contribution in [0.5, 0.6) is 0 Å². The van der Waals surface area contributed by atoms with E-state index < -0.39 is 0 Å². The number of rotatable bonds is 4. The monoisotopic (exact) mass is 446 g/mol. The largest absolute Gasteiger partial charge is 0.204 e. The molecule has 0 radical (unpaired) electrons. The van der Waals surface area contributed by atoms with E-state index >= 15 is 0 Å². The minimum atomic E-state index is 0.866. The first kappa shape index (κ1) is 22.4. The van der Waals surface area contributed by atoms with Crippen LogP contribution in [0.1, 0.15) is 71.9 Å². The van der Waals surface area contributed by atoms with Crippen molar-refractivity contribution in [2.24, 2.45) is 0 Å². The van der Waals surface area contributed by atoms with Gasteiger partial charge in [-0.2, -0.15) is 0 Å². The molecule has 170 valence electrons. The van der Waals surface area contributed by atoms with E-state index in [1.165, 1.54) is 73.6 Å². The average molecular weight is 447 g/mol. The highest BCUT2D eigenvalue weighted by atomic mass is 14.9. The van der Waals surface area contributed by atoms with E-state index in [1.54, 1.807) is 0 Å². The van der Waals surface area contributed by atoms with Crippen molar-refractivity contribution in [2.45, 2.75) is 77.3 Å². The molecule has 0 N–H and O–H groups in total. The van der Waals surface area contributed by atoms with Crippen LogP contribution in [-0.4, -0.2) is 0 Å². The van der Waals surface area contributed by atoms with E-state index in [0.29, 0.717) is 0 Å². The molecule has 0 saturated carbocycles. The summed E-state index contributed by atoms with van der Waals surface area (Å²) in [7, 11) is 0. The second kappa shape index (κ2) is 11.2. The molecule has 0 bridgehead atoms. The fourth-order valence-corrected chi connectivity index (χ4v) is 5.05. The molecule has 5 rings (SSSR count). The first-order valence-corrected chi connectivity index (χ1v) is 12.9. The molecule has 0 amide bonds. The van der Waals surface area contributed by atoms with Gasteiger partial charge in [0.2, 0.25) is 0 Å². The van der Waals surface area contributed by atoms with E-state index in [2.05, 4.69) is 94.0 Å². The van der Waals surface area contributed by atoms with Gasteiger partial charge in [-0.1, -0.05) is 23.7 Å². The SMILES string of the molecule is C(#Cc1ccc(C#CCC[n+]2ccc3c(c2)CCCC3)cc1)CC[n+]1ccc2c(c1)CCCC2. The Hall–Kier alpha value is -3.36. The second-order valence-electron chi connectivity index (χ2n) is 9.56. The van der Waals surface area contributed by atoms with Crippen molar-refractivity contribution >= 4 is 0 Å². The minimum Gasteiger partial charge on any atom is -0.204 e. The third-order valence-electron chi connectivity index (χ3n) is 7.03. The van der Waals surface area contributed by atoms with Gasteiger partial charge in [0.25, 0.3) is 0 Å². The fourth-order valence-electron chi connectivity index (χ4n) is 5.05. The molecule has 0 fully saturated rings. The van der Waals surface area contributed by atoms with Crippen LogP contribution in [0.4, 0.5) is 0 Å². The Balaban J connectivity index is 1.09. The van der Waals surface area contributed by atoms with Crippen LogP contribution in [0.2, 0.25) is 0 Å². The Morgan fingerprint density at radius 1 is 0.529 bits per heavy atom. The van der Waals surface area contributed by atoms with Gasteiger partial charge in [0, 0.05) is 34.4 Å². The highest BCUT2D eigenvalue weighted by molar-refractivity contribution is 5.41. The predicted molar refractivity (Wildman–Crippen MR) is 136 cm³/mol. The summed E-state index contributed by atoms with van der Waals surface area (Å²) in [6.07, 6.45) is 21.1. The van der Waals surface area contributed by atoms with Gasteiger partial charge in [0.15, 0.2) is 37.9 Å². The van der Waals surface area contributed by atoms with Gasteiger partial charge in [-0.3, -0.25) is 0 Å². The van der Waals surface area contributed by atoms with Crippen LogP contribution >= 0.6 is 0 Å². The zero-order valence-electron chi connectivity index (χ0n) is 20.2. The molecule has 0 unspecified atom stereocenters. The van der Waals surface area contributed by atoms with Crippen LogP contribution in [-0.2, 0) is 38.8 Å². The zero-order valence-corrected chi connectivity index (χ0v) is 20.2. The van der Waals surface area contributed by atoms with Gasteiger partial charge in [-0.15, -0.1) is 0 Å². The van der Waals surface area contributed by atoms with E-state index in [1.807, 2.05) is 0 Å². The number of fused-ring (bicyclic) bond motifs is 2. The van der Waals surface area contributed by atoms with Crippen LogP contribution in [0.15, 0.2) is 61.2 Å². The third-order valence-corrected chi connectivity index (χ3v) is 7.03. The molecule has 0 saturated heterocycles. The average Bonchev–Trinajstić information content (AvgIpc) is 2.90. The van der Waals surface area contributed by atoms with Crippen LogP contribution in [0.3, 0.4) is 0 Å². The molecule has 2 aliphatic rings. The lowest BCUT2D eigenvalue weighted by Crippen LogP contribution is -2.34. The van der Waals surface area contributed by atoms with Crippen molar-refractivity contribution in [2.75, 3.05) is 0 Å². The van der Waals surface area contributed by atoms with E-state index in [9.17, 15) is 0 Å². The van der Waals surface area contributed by atoms with Gasteiger partial charge < -0.3 is 0 Å². The lowest BCUT2D eigenvalue weighted by molar-refractivity contribution is -0.696. The number of pyridine rings is 2. The van der Waals surface area contributed by atoms with Crippen molar-refractivity contribution in [3.05, 3.63) is 94.6 Å². The summed E-state index contributed by atoms with van der Waals surface area (Å²) in [6.45, 7) is 1.90. The minimum absolute atomic E-state index is 0.866. The second-order valence-corrected chi connectivity index (χ2v) is 9.56. The first-order chi connectivity index (χ1) is 16.8. The zero-order chi connectivity index (χ0) is 23.0. The van der Waals surface area contributed by atoms with Crippen LogP contribution in [0, 0.1) is 23.7 Å². The molecule has 1 aromatic carbocycles. The quantitative estimate of drug-likeness (QED) is 0.398. The topological polar surface area (TPSA) is 7.76 Å². The molecule has 2 heterocycles. The van der Waals surface area contributed by atoms with E-state index in [4.69, 9.17) is 0 Å². The number of aryl methyl sites for hydroxylation is 6. The predicted octanol–water partition coefficient (Wildman–Crippen LogP) is 4.90. The smallest absolute Gasteiger partial charge is 0.172 e. The van der Waals surface area contributed by atoms with Gasteiger partial charge in [-0.05, 0) is 86.8 Å². The summed E-state index contributed by atoms with van der Waals surface area (Å²) >= 11 is 0. The highest BCUT2D eigenvalue weighted by Crippen LogP contribution is 2.19. The molecular weight excluding hydrogens is 412 g/mol. The molecule has 0 aliphatic heterocycles. The Bertz CT molecular complexity index is 1160. The lowest BCUT2D eigenvalue weighted by atomic mass is 9.93. The molecular formula is C32H34N2+2. The molecule has 2 nitrogen and oxygen atoms in total. The fraction of sp³-hybridized carbons (Fsp3) is 0.375. The number of benzene rings is 1. The van der Waals surface area contributed by atoms with E-state index in [0.717, 1.165) is 37.1 Å². The van der Waals surface area contributed by atoms with Crippen LogP contribution in [0.25, 0.3) is 0 Å².